The molecule has 2 aromatic heterocycles. The molecule has 2 heterocycles. The van der Waals surface area contributed by atoms with Crippen molar-refractivity contribution in [3.63, 3.8) is 0 Å². The van der Waals surface area contributed by atoms with Gasteiger partial charge >= 0.3 is 0 Å². The lowest BCUT2D eigenvalue weighted by Crippen LogP contribution is -2.14. The first-order valence-corrected chi connectivity index (χ1v) is 8.77. The van der Waals surface area contributed by atoms with Crippen molar-refractivity contribution in [2.45, 2.75) is 24.0 Å². The minimum Gasteiger partial charge on any atom is -0.369 e. The second-order valence-electron chi connectivity index (χ2n) is 4.28. The van der Waals surface area contributed by atoms with E-state index in [2.05, 4.69) is 9.97 Å². The number of nitrogens with zero attached hydrogens (tertiary/aromatic N) is 2. The standard InChI is InChI=1S/C12H14N4O2S3/c1-5-6(2)21-11-9(5)10(19-3-7(13)17)15-12(16-11)20-4-8(14)18/h3-4H2,1-2H3,(H2,13,17)(H2,14,18). The van der Waals surface area contributed by atoms with Crippen LogP contribution in [0.1, 0.15) is 10.4 Å². The molecule has 0 atom stereocenters. The quantitative estimate of drug-likeness (QED) is 0.467. The van der Waals surface area contributed by atoms with Crippen molar-refractivity contribution in [3.8, 4) is 0 Å². The van der Waals surface area contributed by atoms with Crippen molar-refractivity contribution in [1.82, 2.24) is 9.97 Å². The summed E-state index contributed by atoms with van der Waals surface area (Å²) in [4.78, 5) is 32.7. The van der Waals surface area contributed by atoms with Crippen molar-refractivity contribution in [3.05, 3.63) is 10.4 Å². The first-order valence-electron chi connectivity index (χ1n) is 5.98. The molecule has 0 radical (unpaired) electrons. The molecule has 0 bridgehead atoms. The number of carbonyl (C=O) groups excluding carboxylic acids is 2. The van der Waals surface area contributed by atoms with Gasteiger partial charge in [0.05, 0.1) is 11.5 Å². The van der Waals surface area contributed by atoms with E-state index in [9.17, 15) is 9.59 Å². The van der Waals surface area contributed by atoms with Crippen LogP contribution in [0.15, 0.2) is 10.2 Å². The summed E-state index contributed by atoms with van der Waals surface area (Å²) < 4.78 is 0. The van der Waals surface area contributed by atoms with Gasteiger partial charge in [0, 0.05) is 10.3 Å². The molecule has 2 amide bonds. The van der Waals surface area contributed by atoms with Crippen molar-refractivity contribution in [2.24, 2.45) is 11.5 Å². The number of amides is 2. The Hall–Kier alpha value is -1.32. The fourth-order valence-electron chi connectivity index (χ4n) is 1.64. The topological polar surface area (TPSA) is 112 Å². The Kier molecular flexibility index (Phi) is 5.07. The summed E-state index contributed by atoms with van der Waals surface area (Å²) in [5.41, 5.74) is 11.4. The zero-order valence-electron chi connectivity index (χ0n) is 11.5. The minimum absolute atomic E-state index is 0.120. The highest BCUT2D eigenvalue weighted by Crippen LogP contribution is 2.36. The number of carbonyl (C=O) groups is 2. The van der Waals surface area contributed by atoms with E-state index < -0.39 is 11.8 Å². The summed E-state index contributed by atoms with van der Waals surface area (Å²) in [5.74, 6) is -0.550. The van der Waals surface area contributed by atoms with Crippen LogP contribution in [0.25, 0.3) is 10.2 Å². The lowest BCUT2D eigenvalue weighted by Gasteiger charge is -2.05. The van der Waals surface area contributed by atoms with E-state index in [1.807, 2.05) is 13.8 Å². The van der Waals surface area contributed by atoms with Gasteiger partial charge in [0.1, 0.15) is 9.86 Å². The molecule has 0 fully saturated rings. The second kappa shape index (κ2) is 6.63. The van der Waals surface area contributed by atoms with Crippen LogP contribution in [0.5, 0.6) is 0 Å². The predicted octanol–water partition coefficient (Wildman–Crippen LogP) is 1.46. The fraction of sp³-hybridized carbons (Fsp3) is 0.333. The highest BCUT2D eigenvalue weighted by molar-refractivity contribution is 8.00. The maximum Gasteiger partial charge on any atom is 0.227 e. The number of hydrogen-bond donors (Lipinski definition) is 2. The summed E-state index contributed by atoms with van der Waals surface area (Å²) in [6.07, 6.45) is 0. The van der Waals surface area contributed by atoms with Gasteiger partial charge < -0.3 is 11.5 Å². The van der Waals surface area contributed by atoms with Crippen LogP contribution in [-0.4, -0.2) is 33.3 Å². The zero-order valence-corrected chi connectivity index (χ0v) is 14.0. The normalized spacial score (nSPS) is 11.0. The average molecular weight is 342 g/mol. The molecule has 0 saturated heterocycles. The molecular weight excluding hydrogens is 328 g/mol. The van der Waals surface area contributed by atoms with Crippen molar-refractivity contribution >= 4 is 56.9 Å². The van der Waals surface area contributed by atoms with Crippen molar-refractivity contribution < 1.29 is 9.59 Å². The highest BCUT2D eigenvalue weighted by Gasteiger charge is 2.16. The summed E-state index contributed by atoms with van der Waals surface area (Å²) in [6.45, 7) is 4.02. The molecule has 112 valence electrons. The summed E-state index contributed by atoms with van der Waals surface area (Å²) in [5, 5.41) is 2.15. The van der Waals surface area contributed by atoms with Gasteiger partial charge in [0.15, 0.2) is 5.16 Å². The van der Waals surface area contributed by atoms with Crippen LogP contribution in [0.2, 0.25) is 0 Å². The van der Waals surface area contributed by atoms with E-state index in [0.29, 0.717) is 10.2 Å². The molecule has 4 N–H and O–H groups in total. The lowest BCUT2D eigenvalue weighted by molar-refractivity contribution is -0.116. The van der Waals surface area contributed by atoms with E-state index in [0.717, 1.165) is 20.7 Å². The highest BCUT2D eigenvalue weighted by atomic mass is 32.2. The number of nitrogens with two attached hydrogens (primary N) is 2. The number of thioether (sulfide) groups is 2. The van der Waals surface area contributed by atoms with Crippen LogP contribution in [0, 0.1) is 13.8 Å². The maximum absolute atomic E-state index is 11.0. The molecule has 2 aromatic rings. The lowest BCUT2D eigenvalue weighted by atomic mass is 10.2. The number of aryl methyl sites for hydroxylation is 2. The Morgan fingerprint density at radius 1 is 1.10 bits per heavy atom. The van der Waals surface area contributed by atoms with Crippen LogP contribution < -0.4 is 11.5 Å². The van der Waals surface area contributed by atoms with E-state index in [1.54, 1.807) is 11.3 Å². The minimum atomic E-state index is -0.423. The third-order valence-electron chi connectivity index (χ3n) is 2.67. The SMILES string of the molecule is Cc1sc2nc(SCC(N)=O)nc(SCC(N)=O)c2c1C. The second-order valence-corrected chi connectivity index (χ2v) is 7.39. The zero-order chi connectivity index (χ0) is 15.6. The van der Waals surface area contributed by atoms with Crippen molar-refractivity contribution in [2.75, 3.05) is 11.5 Å². The number of aromatic nitrogens is 2. The molecule has 21 heavy (non-hydrogen) atoms. The van der Waals surface area contributed by atoms with Crippen LogP contribution in [0.3, 0.4) is 0 Å². The Bertz CT molecular complexity index is 714. The average Bonchev–Trinajstić information content (AvgIpc) is 2.69. The predicted molar refractivity (Wildman–Crippen MR) is 86.7 cm³/mol. The van der Waals surface area contributed by atoms with Crippen LogP contribution in [0.4, 0.5) is 0 Å². The monoisotopic (exact) mass is 342 g/mol. The van der Waals surface area contributed by atoms with E-state index in [4.69, 9.17) is 11.5 Å². The summed E-state index contributed by atoms with van der Waals surface area (Å²) >= 11 is 4.04. The van der Waals surface area contributed by atoms with Crippen LogP contribution >= 0.6 is 34.9 Å². The number of primary amides is 2. The summed E-state index contributed by atoms with van der Waals surface area (Å²) in [6, 6.07) is 0. The fourth-order valence-corrected chi connectivity index (χ4v) is 4.25. The third-order valence-corrected chi connectivity index (χ3v) is 5.64. The Morgan fingerprint density at radius 3 is 2.33 bits per heavy atom. The van der Waals surface area contributed by atoms with Gasteiger partial charge in [-0.3, -0.25) is 9.59 Å². The van der Waals surface area contributed by atoms with Crippen LogP contribution in [-0.2, 0) is 9.59 Å². The van der Waals surface area contributed by atoms with Gasteiger partial charge in [0.2, 0.25) is 11.8 Å². The van der Waals surface area contributed by atoms with Gasteiger partial charge in [-0.15, -0.1) is 11.3 Å². The Labute approximate surface area is 134 Å². The van der Waals surface area contributed by atoms with Gasteiger partial charge in [-0.05, 0) is 19.4 Å². The molecule has 0 aliphatic carbocycles. The molecule has 0 unspecified atom stereocenters. The van der Waals surface area contributed by atoms with E-state index >= 15 is 0 Å². The number of fused-ring (bicyclic) bond motifs is 1. The first kappa shape index (κ1) is 16.1. The number of hydrogen-bond acceptors (Lipinski definition) is 7. The van der Waals surface area contributed by atoms with Gasteiger partial charge in [-0.1, -0.05) is 23.5 Å². The third kappa shape index (κ3) is 3.86. The van der Waals surface area contributed by atoms with Gasteiger partial charge in [-0.25, -0.2) is 9.97 Å². The molecule has 9 heteroatoms. The van der Waals surface area contributed by atoms with E-state index in [1.165, 1.54) is 23.5 Å². The summed E-state index contributed by atoms with van der Waals surface area (Å²) in [7, 11) is 0. The van der Waals surface area contributed by atoms with Gasteiger partial charge in [-0.2, -0.15) is 0 Å². The molecule has 0 spiro atoms. The molecular formula is C12H14N4O2S3. The van der Waals surface area contributed by atoms with Gasteiger partial charge in [0.25, 0.3) is 0 Å². The first-order chi connectivity index (χ1) is 9.88. The molecule has 0 aliphatic heterocycles. The Balaban J connectivity index is 2.44. The van der Waals surface area contributed by atoms with E-state index in [-0.39, 0.29) is 11.5 Å². The number of thiophene rings is 1. The Morgan fingerprint density at radius 2 is 1.71 bits per heavy atom. The largest absolute Gasteiger partial charge is 0.369 e. The molecule has 0 aromatic carbocycles. The molecule has 0 aliphatic rings. The maximum atomic E-state index is 11.0. The smallest absolute Gasteiger partial charge is 0.227 e. The number of rotatable bonds is 6. The molecule has 2 rings (SSSR count). The van der Waals surface area contributed by atoms with Crippen molar-refractivity contribution in [1.29, 1.82) is 0 Å². The molecule has 0 saturated carbocycles. The molecule has 6 nitrogen and oxygen atoms in total.